The van der Waals surface area contributed by atoms with Gasteiger partial charge in [0.25, 0.3) is 0 Å². The Morgan fingerprint density at radius 1 is 0.609 bits per heavy atom. The number of hydrogen-bond acceptors (Lipinski definition) is 1. The maximum Gasteiger partial charge on any atom is 0.0720 e. The molecule has 0 amide bonds. The second-order valence-electron chi connectivity index (χ2n) is 5.45. The highest BCUT2D eigenvalue weighted by atomic mass is 127. The van der Waals surface area contributed by atoms with Crippen LogP contribution in [0.2, 0.25) is 0 Å². The summed E-state index contributed by atoms with van der Waals surface area (Å²) in [6.07, 6.45) is 0. The number of rotatable bonds is 2. The van der Waals surface area contributed by atoms with Crippen molar-refractivity contribution in [3.05, 3.63) is 88.5 Å². The highest BCUT2D eigenvalue weighted by Gasteiger charge is 2.06. The van der Waals surface area contributed by atoms with E-state index in [1.54, 1.807) is 0 Å². The van der Waals surface area contributed by atoms with E-state index in [9.17, 15) is 0 Å². The quantitative estimate of drug-likeness (QED) is 0.362. The second-order valence-corrected chi connectivity index (χ2v) is 6.61. The van der Waals surface area contributed by atoms with Crippen LogP contribution in [0.4, 0.5) is 0 Å². The zero-order valence-electron chi connectivity index (χ0n) is 12.4. The van der Waals surface area contributed by atoms with Crippen molar-refractivity contribution in [3.63, 3.8) is 0 Å². The van der Waals surface area contributed by atoms with E-state index in [-0.39, 0.29) is 0 Å². The molecule has 1 aromatic heterocycles. The number of hydrogen-bond donors (Lipinski definition) is 0. The fraction of sp³-hybridized carbons (Fsp3) is 0. The SMILES string of the molecule is Ic1cc(-c2ccc(-c3ccccc3)cc2)nc2ccccc12. The zero-order valence-corrected chi connectivity index (χ0v) is 14.6. The van der Waals surface area contributed by atoms with Crippen LogP contribution in [0.25, 0.3) is 33.3 Å². The summed E-state index contributed by atoms with van der Waals surface area (Å²) in [5.74, 6) is 0. The van der Waals surface area contributed by atoms with Gasteiger partial charge in [-0.1, -0.05) is 72.8 Å². The molecule has 0 aliphatic rings. The Balaban J connectivity index is 1.76. The first kappa shape index (κ1) is 14.4. The van der Waals surface area contributed by atoms with Crippen LogP contribution in [-0.2, 0) is 0 Å². The minimum atomic E-state index is 1.02. The van der Waals surface area contributed by atoms with E-state index in [2.05, 4.69) is 95.4 Å². The number of nitrogens with zero attached hydrogens (tertiary/aromatic N) is 1. The fourth-order valence-electron chi connectivity index (χ4n) is 2.74. The molecule has 1 heterocycles. The van der Waals surface area contributed by atoms with E-state index in [0.29, 0.717) is 0 Å². The highest BCUT2D eigenvalue weighted by Crippen LogP contribution is 2.27. The average molecular weight is 407 g/mol. The Morgan fingerprint density at radius 3 is 2.00 bits per heavy atom. The van der Waals surface area contributed by atoms with Crippen molar-refractivity contribution >= 4 is 33.5 Å². The van der Waals surface area contributed by atoms with Crippen LogP contribution >= 0.6 is 22.6 Å². The largest absolute Gasteiger partial charge is 0.248 e. The van der Waals surface area contributed by atoms with Gasteiger partial charge in [-0.05, 0) is 45.9 Å². The van der Waals surface area contributed by atoms with Gasteiger partial charge >= 0.3 is 0 Å². The maximum atomic E-state index is 4.80. The van der Waals surface area contributed by atoms with Crippen LogP contribution in [0.3, 0.4) is 0 Å². The summed E-state index contributed by atoms with van der Waals surface area (Å²) in [5.41, 5.74) is 5.67. The van der Waals surface area contributed by atoms with Gasteiger partial charge in [-0.15, -0.1) is 0 Å². The van der Waals surface area contributed by atoms with Gasteiger partial charge in [0.1, 0.15) is 0 Å². The molecular weight excluding hydrogens is 393 g/mol. The summed E-state index contributed by atoms with van der Waals surface area (Å²) in [5, 5.41) is 1.21. The molecule has 0 radical (unpaired) electrons. The Hall–Kier alpha value is -2.20. The molecule has 0 saturated heterocycles. The molecule has 23 heavy (non-hydrogen) atoms. The Morgan fingerprint density at radius 2 is 1.22 bits per heavy atom. The average Bonchev–Trinajstić information content (AvgIpc) is 2.63. The number of aromatic nitrogens is 1. The molecule has 4 aromatic rings. The van der Waals surface area contributed by atoms with Gasteiger partial charge in [0.15, 0.2) is 0 Å². The Kier molecular flexibility index (Phi) is 3.83. The molecule has 1 nitrogen and oxygen atoms in total. The van der Waals surface area contributed by atoms with Gasteiger partial charge in [-0.25, -0.2) is 4.98 Å². The summed E-state index contributed by atoms with van der Waals surface area (Å²) in [7, 11) is 0. The van der Waals surface area contributed by atoms with Crippen LogP contribution in [0, 0.1) is 3.57 Å². The summed E-state index contributed by atoms with van der Waals surface area (Å²) in [6.45, 7) is 0. The second kappa shape index (κ2) is 6.13. The first-order chi connectivity index (χ1) is 11.3. The molecule has 0 bridgehead atoms. The van der Waals surface area contributed by atoms with Crippen LogP contribution in [0.15, 0.2) is 84.9 Å². The minimum absolute atomic E-state index is 1.02. The lowest BCUT2D eigenvalue weighted by Gasteiger charge is -2.07. The van der Waals surface area contributed by atoms with Crippen molar-refractivity contribution in [3.8, 4) is 22.4 Å². The van der Waals surface area contributed by atoms with E-state index in [4.69, 9.17) is 4.98 Å². The monoisotopic (exact) mass is 407 g/mol. The van der Waals surface area contributed by atoms with Crippen molar-refractivity contribution < 1.29 is 0 Å². The third kappa shape index (κ3) is 2.86. The predicted octanol–water partition coefficient (Wildman–Crippen LogP) is 6.17. The Bertz CT molecular complexity index is 960. The van der Waals surface area contributed by atoms with Gasteiger partial charge in [-0.2, -0.15) is 0 Å². The highest BCUT2D eigenvalue weighted by molar-refractivity contribution is 14.1. The van der Waals surface area contributed by atoms with Crippen molar-refractivity contribution in [2.45, 2.75) is 0 Å². The molecule has 0 N–H and O–H groups in total. The van der Waals surface area contributed by atoms with E-state index >= 15 is 0 Å². The number of para-hydroxylation sites is 1. The van der Waals surface area contributed by atoms with Gasteiger partial charge < -0.3 is 0 Å². The normalized spacial score (nSPS) is 10.8. The summed E-state index contributed by atoms with van der Waals surface area (Å²) < 4.78 is 1.23. The third-order valence-corrected chi connectivity index (χ3v) is 4.85. The molecule has 0 fully saturated rings. The number of halogens is 1. The number of benzene rings is 3. The summed E-state index contributed by atoms with van der Waals surface area (Å²) in [6, 6.07) is 29.5. The van der Waals surface area contributed by atoms with E-state index in [1.807, 2.05) is 12.1 Å². The van der Waals surface area contributed by atoms with E-state index < -0.39 is 0 Å². The lowest BCUT2D eigenvalue weighted by Crippen LogP contribution is -1.88. The smallest absolute Gasteiger partial charge is 0.0720 e. The van der Waals surface area contributed by atoms with Gasteiger partial charge in [0.05, 0.1) is 11.2 Å². The topological polar surface area (TPSA) is 12.9 Å². The van der Waals surface area contributed by atoms with Crippen LogP contribution in [0.5, 0.6) is 0 Å². The standard InChI is InChI=1S/C21H14IN/c22-19-14-21(23-20-9-5-4-8-18(19)20)17-12-10-16(11-13-17)15-6-2-1-3-7-15/h1-14H. The van der Waals surface area contributed by atoms with Crippen molar-refractivity contribution in [1.82, 2.24) is 4.98 Å². The zero-order chi connectivity index (χ0) is 15.6. The molecule has 2 heteroatoms. The van der Waals surface area contributed by atoms with Gasteiger partial charge in [0.2, 0.25) is 0 Å². The third-order valence-electron chi connectivity index (χ3n) is 3.95. The fourth-order valence-corrected chi connectivity index (χ4v) is 3.50. The van der Waals surface area contributed by atoms with Gasteiger partial charge in [0, 0.05) is 14.5 Å². The summed E-state index contributed by atoms with van der Waals surface area (Å²) >= 11 is 2.39. The van der Waals surface area contributed by atoms with Crippen molar-refractivity contribution in [1.29, 1.82) is 0 Å². The molecule has 0 aliphatic heterocycles. The molecule has 110 valence electrons. The number of fused-ring (bicyclic) bond motifs is 1. The molecule has 0 unspecified atom stereocenters. The summed E-state index contributed by atoms with van der Waals surface area (Å²) in [4.78, 5) is 4.80. The van der Waals surface area contributed by atoms with E-state index in [1.165, 1.54) is 20.1 Å². The Labute approximate surface area is 149 Å². The number of pyridine rings is 1. The maximum absolute atomic E-state index is 4.80. The van der Waals surface area contributed by atoms with E-state index in [0.717, 1.165) is 16.8 Å². The molecule has 0 saturated carbocycles. The van der Waals surface area contributed by atoms with Crippen LogP contribution in [-0.4, -0.2) is 4.98 Å². The molecule has 4 rings (SSSR count). The molecule has 3 aromatic carbocycles. The lowest BCUT2D eigenvalue weighted by molar-refractivity contribution is 1.39. The molecule has 0 atom stereocenters. The molecular formula is C21H14IN. The molecule has 0 aliphatic carbocycles. The predicted molar refractivity (Wildman–Crippen MR) is 105 cm³/mol. The van der Waals surface area contributed by atoms with Crippen molar-refractivity contribution in [2.24, 2.45) is 0 Å². The first-order valence-corrected chi connectivity index (χ1v) is 8.60. The lowest BCUT2D eigenvalue weighted by atomic mass is 10.0. The van der Waals surface area contributed by atoms with Crippen molar-refractivity contribution in [2.75, 3.05) is 0 Å². The van der Waals surface area contributed by atoms with Gasteiger partial charge in [-0.3, -0.25) is 0 Å². The first-order valence-electron chi connectivity index (χ1n) is 7.52. The van der Waals surface area contributed by atoms with Crippen LogP contribution < -0.4 is 0 Å². The molecule has 0 spiro atoms. The van der Waals surface area contributed by atoms with Crippen LogP contribution in [0.1, 0.15) is 0 Å². The minimum Gasteiger partial charge on any atom is -0.248 e.